The number of hydrogen-bond acceptors (Lipinski definition) is 8. The summed E-state index contributed by atoms with van der Waals surface area (Å²) >= 11 is 2.39. The molecule has 0 aliphatic heterocycles. The van der Waals surface area contributed by atoms with Crippen LogP contribution in [0.2, 0.25) is 0 Å². The standard InChI is InChI=1S/C15H17N3O4S2/c1-9-5-4-6-11(7-9)22-10(2)13(20)16-14-17-18-15(24-14)23-8-12(19)21-3/h4-7,10H,8H2,1-3H3,(H,16,17,20). The second-order valence-corrected chi connectivity index (χ2v) is 7.00. The molecule has 1 unspecified atom stereocenters. The van der Waals surface area contributed by atoms with Crippen LogP contribution in [0.4, 0.5) is 5.13 Å². The van der Waals surface area contributed by atoms with Crippen LogP contribution in [0.25, 0.3) is 0 Å². The minimum atomic E-state index is -0.679. The van der Waals surface area contributed by atoms with Gasteiger partial charge in [-0.05, 0) is 31.5 Å². The van der Waals surface area contributed by atoms with Crippen molar-refractivity contribution in [3.05, 3.63) is 29.8 Å². The molecule has 2 aromatic rings. The Morgan fingerprint density at radius 3 is 2.88 bits per heavy atom. The van der Waals surface area contributed by atoms with E-state index in [1.807, 2.05) is 25.1 Å². The number of amides is 1. The van der Waals surface area contributed by atoms with Gasteiger partial charge >= 0.3 is 5.97 Å². The first kappa shape index (κ1) is 18.2. The maximum absolute atomic E-state index is 12.1. The van der Waals surface area contributed by atoms with Crippen molar-refractivity contribution in [2.24, 2.45) is 0 Å². The number of rotatable bonds is 7. The summed E-state index contributed by atoms with van der Waals surface area (Å²) in [5, 5.41) is 10.8. The van der Waals surface area contributed by atoms with Gasteiger partial charge in [0, 0.05) is 0 Å². The lowest BCUT2D eigenvalue weighted by Gasteiger charge is -2.13. The van der Waals surface area contributed by atoms with Gasteiger partial charge in [-0.1, -0.05) is 35.2 Å². The molecule has 0 saturated heterocycles. The number of carbonyl (C=O) groups is 2. The number of ether oxygens (including phenoxy) is 2. The molecule has 1 atom stereocenters. The van der Waals surface area contributed by atoms with Crippen molar-refractivity contribution >= 4 is 40.1 Å². The highest BCUT2D eigenvalue weighted by Gasteiger charge is 2.17. The van der Waals surface area contributed by atoms with Crippen LogP contribution < -0.4 is 10.1 Å². The lowest BCUT2D eigenvalue weighted by atomic mass is 10.2. The number of benzene rings is 1. The number of aryl methyl sites for hydroxylation is 1. The fourth-order valence-corrected chi connectivity index (χ4v) is 3.24. The number of thioether (sulfide) groups is 1. The average Bonchev–Trinajstić information content (AvgIpc) is 3.00. The Labute approximate surface area is 147 Å². The average molecular weight is 367 g/mol. The van der Waals surface area contributed by atoms with Crippen LogP contribution in [-0.4, -0.2) is 41.0 Å². The summed E-state index contributed by atoms with van der Waals surface area (Å²) in [4.78, 5) is 23.2. The topological polar surface area (TPSA) is 90.4 Å². The van der Waals surface area contributed by atoms with Gasteiger partial charge in [-0.3, -0.25) is 14.9 Å². The van der Waals surface area contributed by atoms with E-state index in [2.05, 4.69) is 20.3 Å². The normalized spacial score (nSPS) is 11.6. The SMILES string of the molecule is COC(=O)CSc1nnc(NC(=O)C(C)Oc2cccc(C)c2)s1. The van der Waals surface area contributed by atoms with Crippen molar-refractivity contribution in [2.45, 2.75) is 24.3 Å². The Bertz CT molecular complexity index is 720. The molecular weight excluding hydrogens is 350 g/mol. The van der Waals surface area contributed by atoms with Crippen LogP contribution in [-0.2, 0) is 14.3 Å². The van der Waals surface area contributed by atoms with E-state index in [4.69, 9.17) is 4.74 Å². The molecular formula is C15H17N3O4S2. The predicted molar refractivity (Wildman–Crippen MR) is 92.5 cm³/mol. The van der Waals surface area contributed by atoms with E-state index in [1.165, 1.54) is 30.2 Å². The number of aromatic nitrogens is 2. The molecule has 1 N–H and O–H groups in total. The largest absolute Gasteiger partial charge is 0.481 e. The molecule has 1 aromatic heterocycles. The minimum absolute atomic E-state index is 0.145. The van der Waals surface area contributed by atoms with E-state index in [0.717, 1.165) is 5.56 Å². The van der Waals surface area contributed by atoms with E-state index in [-0.39, 0.29) is 17.6 Å². The highest BCUT2D eigenvalue weighted by molar-refractivity contribution is 8.01. The summed E-state index contributed by atoms with van der Waals surface area (Å²) in [7, 11) is 1.32. The predicted octanol–water partition coefficient (Wildman–Crippen LogP) is 2.52. The molecule has 128 valence electrons. The van der Waals surface area contributed by atoms with Crippen molar-refractivity contribution < 1.29 is 19.1 Å². The summed E-state index contributed by atoms with van der Waals surface area (Å²) in [5.41, 5.74) is 1.05. The fourth-order valence-electron chi connectivity index (χ4n) is 1.65. The third-order valence-electron chi connectivity index (χ3n) is 2.85. The first-order valence-electron chi connectivity index (χ1n) is 7.05. The lowest BCUT2D eigenvalue weighted by molar-refractivity contribution is -0.137. The maximum Gasteiger partial charge on any atom is 0.316 e. The molecule has 2 rings (SSSR count). The van der Waals surface area contributed by atoms with Crippen LogP contribution >= 0.6 is 23.1 Å². The monoisotopic (exact) mass is 367 g/mol. The molecule has 24 heavy (non-hydrogen) atoms. The van der Waals surface area contributed by atoms with Gasteiger partial charge < -0.3 is 9.47 Å². The smallest absolute Gasteiger partial charge is 0.316 e. The van der Waals surface area contributed by atoms with Gasteiger partial charge in [0.05, 0.1) is 12.9 Å². The van der Waals surface area contributed by atoms with Crippen LogP contribution in [0.3, 0.4) is 0 Å². The lowest BCUT2D eigenvalue weighted by Crippen LogP contribution is -2.30. The molecule has 0 radical (unpaired) electrons. The highest BCUT2D eigenvalue weighted by Crippen LogP contribution is 2.25. The molecule has 0 fully saturated rings. The van der Waals surface area contributed by atoms with Gasteiger partial charge in [-0.2, -0.15) is 0 Å². The third-order valence-corrected chi connectivity index (χ3v) is 4.79. The molecule has 9 heteroatoms. The zero-order valence-corrected chi connectivity index (χ0v) is 15.1. The number of nitrogens with one attached hydrogen (secondary N) is 1. The van der Waals surface area contributed by atoms with Crippen LogP contribution in [0, 0.1) is 6.92 Å². The van der Waals surface area contributed by atoms with Crippen molar-refractivity contribution in [3.8, 4) is 5.75 Å². The zero-order valence-electron chi connectivity index (χ0n) is 13.4. The molecule has 0 bridgehead atoms. The molecule has 1 aromatic carbocycles. The Balaban J connectivity index is 1.87. The summed E-state index contributed by atoms with van der Waals surface area (Å²) in [6.07, 6.45) is -0.679. The number of carbonyl (C=O) groups excluding carboxylic acids is 2. The highest BCUT2D eigenvalue weighted by atomic mass is 32.2. The first-order chi connectivity index (χ1) is 11.5. The van der Waals surface area contributed by atoms with Gasteiger partial charge in [0.25, 0.3) is 5.91 Å². The summed E-state index contributed by atoms with van der Waals surface area (Å²) in [6, 6.07) is 7.47. The zero-order chi connectivity index (χ0) is 17.5. The number of nitrogens with zero attached hydrogens (tertiary/aromatic N) is 2. The van der Waals surface area contributed by atoms with Crippen molar-refractivity contribution in [3.63, 3.8) is 0 Å². The quantitative estimate of drug-likeness (QED) is 0.457. The molecule has 7 nitrogen and oxygen atoms in total. The molecule has 0 aliphatic rings. The molecule has 0 saturated carbocycles. The Morgan fingerprint density at radius 2 is 2.17 bits per heavy atom. The van der Waals surface area contributed by atoms with Gasteiger partial charge in [-0.25, -0.2) is 0 Å². The van der Waals surface area contributed by atoms with Crippen LogP contribution in [0.5, 0.6) is 5.75 Å². The van der Waals surface area contributed by atoms with Gasteiger partial charge in [0.15, 0.2) is 10.4 Å². The Kier molecular flexibility index (Phi) is 6.56. The molecule has 1 heterocycles. The number of anilines is 1. The fraction of sp³-hybridized carbons (Fsp3) is 0.333. The van der Waals surface area contributed by atoms with E-state index in [9.17, 15) is 9.59 Å². The minimum Gasteiger partial charge on any atom is -0.481 e. The Morgan fingerprint density at radius 1 is 1.38 bits per heavy atom. The van der Waals surface area contributed by atoms with Crippen molar-refractivity contribution in [2.75, 3.05) is 18.2 Å². The summed E-state index contributed by atoms with van der Waals surface area (Å²) < 4.78 is 10.7. The maximum atomic E-state index is 12.1. The van der Waals surface area contributed by atoms with Gasteiger partial charge in [0.1, 0.15) is 5.75 Å². The molecule has 0 spiro atoms. The van der Waals surface area contributed by atoms with E-state index < -0.39 is 6.10 Å². The van der Waals surface area contributed by atoms with E-state index in [0.29, 0.717) is 15.2 Å². The Hall–Kier alpha value is -2.13. The summed E-state index contributed by atoms with van der Waals surface area (Å²) in [5.74, 6) is 0.105. The third kappa shape index (κ3) is 5.50. The van der Waals surface area contributed by atoms with Gasteiger partial charge in [0.2, 0.25) is 5.13 Å². The van der Waals surface area contributed by atoms with E-state index >= 15 is 0 Å². The first-order valence-corrected chi connectivity index (χ1v) is 8.85. The van der Waals surface area contributed by atoms with Crippen LogP contribution in [0.1, 0.15) is 12.5 Å². The second kappa shape index (κ2) is 8.65. The second-order valence-electron chi connectivity index (χ2n) is 4.80. The van der Waals surface area contributed by atoms with Gasteiger partial charge in [-0.15, -0.1) is 10.2 Å². The van der Waals surface area contributed by atoms with Crippen LogP contribution in [0.15, 0.2) is 28.6 Å². The number of methoxy groups -OCH3 is 1. The number of esters is 1. The number of hydrogen-bond donors (Lipinski definition) is 1. The molecule has 0 aliphatic carbocycles. The van der Waals surface area contributed by atoms with Crippen molar-refractivity contribution in [1.82, 2.24) is 10.2 Å². The van der Waals surface area contributed by atoms with Crippen molar-refractivity contribution in [1.29, 1.82) is 0 Å². The molecule has 1 amide bonds. The summed E-state index contributed by atoms with van der Waals surface area (Å²) in [6.45, 7) is 3.61. The van der Waals surface area contributed by atoms with E-state index in [1.54, 1.807) is 13.0 Å².